The molecule has 0 saturated heterocycles. The standard InChI is InChI=1S/C14H23N3O3S/c1-5-15-13-10(7-6-8-16-13)21(18,19)17-11-9-12(20-4)14(11,2)3/h6-8,11-12,17H,5,9H2,1-4H3,(H,15,16). The number of anilines is 1. The Morgan fingerprint density at radius 2 is 2.19 bits per heavy atom. The van der Waals surface area contributed by atoms with Crippen molar-refractivity contribution in [3.8, 4) is 0 Å². The second kappa shape index (κ2) is 5.90. The maximum absolute atomic E-state index is 12.6. The lowest BCUT2D eigenvalue weighted by Gasteiger charge is -2.50. The molecule has 2 N–H and O–H groups in total. The van der Waals surface area contributed by atoms with E-state index in [0.29, 0.717) is 18.8 Å². The molecule has 0 aliphatic heterocycles. The summed E-state index contributed by atoms with van der Waals surface area (Å²) >= 11 is 0. The zero-order chi connectivity index (χ0) is 15.7. The molecular weight excluding hydrogens is 290 g/mol. The molecule has 0 radical (unpaired) electrons. The Morgan fingerprint density at radius 1 is 1.48 bits per heavy atom. The minimum absolute atomic E-state index is 0.0762. The Balaban J connectivity index is 2.21. The first kappa shape index (κ1) is 16.2. The molecule has 1 aliphatic rings. The van der Waals surface area contributed by atoms with Crippen molar-refractivity contribution in [1.82, 2.24) is 9.71 Å². The van der Waals surface area contributed by atoms with Crippen LogP contribution in [0.15, 0.2) is 23.2 Å². The second-order valence-electron chi connectivity index (χ2n) is 5.84. The zero-order valence-corrected chi connectivity index (χ0v) is 13.7. The number of rotatable bonds is 6. The number of nitrogens with one attached hydrogen (secondary N) is 2. The van der Waals surface area contributed by atoms with Crippen LogP contribution in [0.25, 0.3) is 0 Å². The fraction of sp³-hybridized carbons (Fsp3) is 0.643. The molecule has 2 unspecified atom stereocenters. The number of nitrogens with zero attached hydrogens (tertiary/aromatic N) is 1. The van der Waals surface area contributed by atoms with Crippen LogP contribution in [0.1, 0.15) is 27.2 Å². The van der Waals surface area contributed by atoms with E-state index in [1.165, 1.54) is 0 Å². The molecular formula is C14H23N3O3S. The van der Waals surface area contributed by atoms with Crippen LogP contribution in [0.2, 0.25) is 0 Å². The molecule has 1 aromatic rings. The van der Waals surface area contributed by atoms with Crippen LogP contribution in [0.5, 0.6) is 0 Å². The minimum atomic E-state index is -3.61. The maximum Gasteiger partial charge on any atom is 0.244 e. The van der Waals surface area contributed by atoms with Crippen molar-refractivity contribution in [3.05, 3.63) is 18.3 Å². The van der Waals surface area contributed by atoms with Gasteiger partial charge in [-0.2, -0.15) is 0 Å². The summed E-state index contributed by atoms with van der Waals surface area (Å²) in [5.74, 6) is 0.382. The lowest BCUT2D eigenvalue weighted by Crippen LogP contribution is -2.61. The SMILES string of the molecule is CCNc1ncccc1S(=O)(=O)NC1CC(OC)C1(C)C. The first-order valence-corrected chi connectivity index (χ1v) is 8.55. The lowest BCUT2D eigenvalue weighted by atomic mass is 9.65. The highest BCUT2D eigenvalue weighted by molar-refractivity contribution is 7.89. The van der Waals surface area contributed by atoms with Crippen molar-refractivity contribution < 1.29 is 13.2 Å². The zero-order valence-electron chi connectivity index (χ0n) is 12.9. The van der Waals surface area contributed by atoms with Crippen LogP contribution in [0.4, 0.5) is 5.82 Å². The number of ether oxygens (including phenoxy) is 1. The summed E-state index contributed by atoms with van der Waals surface area (Å²) in [4.78, 5) is 4.28. The highest BCUT2D eigenvalue weighted by Crippen LogP contribution is 2.43. The Morgan fingerprint density at radius 3 is 2.76 bits per heavy atom. The van der Waals surface area contributed by atoms with Crippen LogP contribution >= 0.6 is 0 Å². The van der Waals surface area contributed by atoms with E-state index in [0.717, 1.165) is 0 Å². The minimum Gasteiger partial charge on any atom is -0.381 e. The van der Waals surface area contributed by atoms with Crippen molar-refractivity contribution in [1.29, 1.82) is 0 Å². The van der Waals surface area contributed by atoms with Gasteiger partial charge in [-0.05, 0) is 25.5 Å². The molecule has 1 fully saturated rings. The molecule has 118 valence electrons. The van der Waals surface area contributed by atoms with Gasteiger partial charge in [0.25, 0.3) is 0 Å². The fourth-order valence-corrected chi connectivity index (χ4v) is 4.18. The van der Waals surface area contributed by atoms with Crippen LogP contribution < -0.4 is 10.0 Å². The van der Waals surface area contributed by atoms with Gasteiger partial charge < -0.3 is 10.1 Å². The molecule has 0 bridgehead atoms. The Hall–Kier alpha value is -1.18. The topological polar surface area (TPSA) is 80.3 Å². The molecule has 7 heteroatoms. The number of hydrogen-bond acceptors (Lipinski definition) is 5. The molecule has 0 amide bonds. The van der Waals surface area contributed by atoms with E-state index in [1.807, 2.05) is 20.8 Å². The van der Waals surface area contributed by atoms with E-state index in [2.05, 4.69) is 15.0 Å². The Kier molecular flexibility index (Phi) is 4.55. The van der Waals surface area contributed by atoms with E-state index in [-0.39, 0.29) is 22.5 Å². The third-order valence-corrected chi connectivity index (χ3v) is 5.67. The number of hydrogen-bond donors (Lipinski definition) is 2. The van der Waals surface area contributed by atoms with Crippen molar-refractivity contribution in [3.63, 3.8) is 0 Å². The van der Waals surface area contributed by atoms with Crippen LogP contribution in [0.3, 0.4) is 0 Å². The van der Waals surface area contributed by atoms with Gasteiger partial charge in [0.2, 0.25) is 10.0 Å². The van der Waals surface area contributed by atoms with Gasteiger partial charge in [-0.1, -0.05) is 13.8 Å². The smallest absolute Gasteiger partial charge is 0.244 e. The van der Waals surface area contributed by atoms with Crippen LogP contribution in [-0.4, -0.2) is 39.2 Å². The summed E-state index contributed by atoms with van der Waals surface area (Å²) in [5, 5.41) is 2.98. The normalized spacial score (nSPS) is 24.4. The number of sulfonamides is 1. The van der Waals surface area contributed by atoms with Crippen molar-refractivity contribution >= 4 is 15.8 Å². The predicted molar refractivity (Wildman–Crippen MR) is 81.7 cm³/mol. The van der Waals surface area contributed by atoms with E-state index in [1.54, 1.807) is 25.4 Å². The third-order valence-electron chi connectivity index (χ3n) is 4.16. The van der Waals surface area contributed by atoms with E-state index in [4.69, 9.17) is 4.74 Å². The first-order chi connectivity index (χ1) is 9.82. The van der Waals surface area contributed by atoms with E-state index >= 15 is 0 Å². The lowest BCUT2D eigenvalue weighted by molar-refractivity contribution is -0.0908. The summed E-state index contributed by atoms with van der Waals surface area (Å²) in [6.07, 6.45) is 2.33. The molecule has 2 atom stereocenters. The van der Waals surface area contributed by atoms with Gasteiger partial charge >= 0.3 is 0 Å². The quantitative estimate of drug-likeness (QED) is 0.834. The predicted octanol–water partition coefficient (Wildman–Crippen LogP) is 1.61. The molecule has 0 spiro atoms. The molecule has 6 nitrogen and oxygen atoms in total. The number of aromatic nitrogens is 1. The van der Waals surface area contributed by atoms with E-state index in [9.17, 15) is 8.42 Å². The van der Waals surface area contributed by atoms with Crippen LogP contribution in [0, 0.1) is 5.41 Å². The summed E-state index contributed by atoms with van der Waals surface area (Å²) in [5.41, 5.74) is -0.220. The molecule has 1 heterocycles. The van der Waals surface area contributed by atoms with Crippen molar-refractivity contribution in [2.75, 3.05) is 19.0 Å². The van der Waals surface area contributed by atoms with Gasteiger partial charge in [-0.3, -0.25) is 0 Å². The number of methoxy groups -OCH3 is 1. The van der Waals surface area contributed by atoms with Gasteiger partial charge in [0.05, 0.1) is 6.10 Å². The molecule has 1 saturated carbocycles. The van der Waals surface area contributed by atoms with Gasteiger partial charge in [-0.25, -0.2) is 18.1 Å². The van der Waals surface area contributed by atoms with Crippen molar-refractivity contribution in [2.24, 2.45) is 5.41 Å². The second-order valence-corrected chi connectivity index (χ2v) is 7.52. The Bertz CT molecular complexity index is 601. The highest BCUT2D eigenvalue weighted by Gasteiger charge is 2.50. The van der Waals surface area contributed by atoms with Gasteiger partial charge in [0.1, 0.15) is 10.7 Å². The van der Waals surface area contributed by atoms with Crippen LogP contribution in [-0.2, 0) is 14.8 Å². The molecule has 2 rings (SSSR count). The summed E-state index contributed by atoms with van der Waals surface area (Å²) < 4.78 is 33.3. The monoisotopic (exact) mass is 313 g/mol. The molecule has 0 aromatic carbocycles. The third kappa shape index (κ3) is 3.04. The molecule has 21 heavy (non-hydrogen) atoms. The maximum atomic E-state index is 12.6. The molecule has 1 aromatic heterocycles. The molecule has 1 aliphatic carbocycles. The number of pyridine rings is 1. The van der Waals surface area contributed by atoms with Crippen molar-refractivity contribution in [2.45, 2.75) is 44.2 Å². The van der Waals surface area contributed by atoms with Gasteiger partial charge in [0, 0.05) is 31.3 Å². The largest absolute Gasteiger partial charge is 0.381 e. The average Bonchev–Trinajstić information content (AvgIpc) is 2.44. The average molecular weight is 313 g/mol. The van der Waals surface area contributed by atoms with Gasteiger partial charge in [-0.15, -0.1) is 0 Å². The summed E-state index contributed by atoms with van der Waals surface area (Å²) in [7, 11) is -1.95. The highest BCUT2D eigenvalue weighted by atomic mass is 32.2. The van der Waals surface area contributed by atoms with E-state index < -0.39 is 10.0 Å². The fourth-order valence-electron chi connectivity index (χ4n) is 2.64. The summed E-state index contributed by atoms with van der Waals surface area (Å²) in [6.45, 7) is 6.52. The Labute approximate surface area is 126 Å². The van der Waals surface area contributed by atoms with Gasteiger partial charge in [0.15, 0.2) is 0 Å². The first-order valence-electron chi connectivity index (χ1n) is 7.07. The summed E-state index contributed by atoms with van der Waals surface area (Å²) in [6, 6.07) is 3.05.